The molecule has 1 aromatic carbocycles. The molecule has 1 aromatic rings. The van der Waals surface area contributed by atoms with E-state index in [-0.39, 0.29) is 11.6 Å². The topological polar surface area (TPSA) is 32.7 Å². The van der Waals surface area contributed by atoms with E-state index >= 15 is 0 Å². The number of nitrogens with zero attached hydrogens (tertiary/aromatic N) is 2. The molecule has 15 heavy (non-hydrogen) atoms. The standard InChI is InChI=1S/C11H9FN2O/c12-7-2-3-9-8(6-7)10(15)11-13-4-1-5-14(9)11/h2-3,6H,1,4-5H2. The van der Waals surface area contributed by atoms with E-state index in [1.165, 1.54) is 12.1 Å². The molecule has 0 aliphatic carbocycles. The van der Waals surface area contributed by atoms with Crippen LogP contribution in [0.1, 0.15) is 16.8 Å². The molecule has 0 radical (unpaired) electrons. The minimum Gasteiger partial charge on any atom is -0.323 e. The SMILES string of the molecule is O=C1C2=NCCCN2c2ccc(F)cc21. The molecule has 2 aliphatic heterocycles. The Labute approximate surface area is 86.2 Å². The zero-order valence-electron chi connectivity index (χ0n) is 8.03. The Balaban J connectivity index is 2.21. The van der Waals surface area contributed by atoms with E-state index in [9.17, 15) is 9.18 Å². The van der Waals surface area contributed by atoms with Gasteiger partial charge in [-0.3, -0.25) is 9.79 Å². The quantitative estimate of drug-likeness (QED) is 0.643. The molecule has 4 heteroatoms. The van der Waals surface area contributed by atoms with Crippen molar-refractivity contribution in [2.24, 2.45) is 4.99 Å². The van der Waals surface area contributed by atoms with Gasteiger partial charge in [0.1, 0.15) is 5.82 Å². The fourth-order valence-electron chi connectivity index (χ4n) is 2.08. The van der Waals surface area contributed by atoms with Crippen LogP contribution in [0.25, 0.3) is 0 Å². The van der Waals surface area contributed by atoms with Crippen molar-refractivity contribution >= 4 is 17.3 Å². The first-order valence-electron chi connectivity index (χ1n) is 4.93. The number of amidine groups is 1. The van der Waals surface area contributed by atoms with E-state index in [4.69, 9.17) is 0 Å². The molecular formula is C11H9FN2O. The van der Waals surface area contributed by atoms with Crippen molar-refractivity contribution in [2.45, 2.75) is 6.42 Å². The van der Waals surface area contributed by atoms with Gasteiger partial charge in [0.05, 0.1) is 11.3 Å². The van der Waals surface area contributed by atoms with Crippen LogP contribution in [0.15, 0.2) is 23.2 Å². The van der Waals surface area contributed by atoms with Crippen molar-refractivity contribution in [3.05, 3.63) is 29.6 Å². The van der Waals surface area contributed by atoms with Gasteiger partial charge >= 0.3 is 0 Å². The highest BCUT2D eigenvalue weighted by Gasteiger charge is 2.34. The second kappa shape index (κ2) is 2.89. The predicted octanol–water partition coefficient (Wildman–Crippen LogP) is 1.63. The summed E-state index contributed by atoms with van der Waals surface area (Å²) < 4.78 is 13.0. The maximum absolute atomic E-state index is 13.0. The van der Waals surface area contributed by atoms with Gasteiger partial charge < -0.3 is 4.90 Å². The summed E-state index contributed by atoms with van der Waals surface area (Å²) in [7, 11) is 0. The Morgan fingerprint density at radius 3 is 3.13 bits per heavy atom. The maximum Gasteiger partial charge on any atom is 0.230 e. The average Bonchev–Trinajstić information content (AvgIpc) is 2.54. The van der Waals surface area contributed by atoms with Crippen LogP contribution in [0.4, 0.5) is 10.1 Å². The smallest absolute Gasteiger partial charge is 0.230 e. The number of halogens is 1. The number of ketones is 1. The lowest BCUT2D eigenvalue weighted by Gasteiger charge is -2.22. The molecule has 0 saturated heterocycles. The van der Waals surface area contributed by atoms with Crippen LogP contribution < -0.4 is 4.90 Å². The lowest BCUT2D eigenvalue weighted by atomic mass is 10.1. The molecule has 0 unspecified atom stereocenters. The van der Waals surface area contributed by atoms with Crippen molar-refractivity contribution < 1.29 is 9.18 Å². The van der Waals surface area contributed by atoms with E-state index in [2.05, 4.69) is 4.99 Å². The van der Waals surface area contributed by atoms with E-state index in [1.807, 2.05) is 4.90 Å². The first kappa shape index (κ1) is 8.59. The summed E-state index contributed by atoms with van der Waals surface area (Å²) in [5.41, 5.74) is 1.23. The molecular weight excluding hydrogens is 195 g/mol. The van der Waals surface area contributed by atoms with Crippen LogP contribution in [0.3, 0.4) is 0 Å². The molecule has 0 amide bonds. The van der Waals surface area contributed by atoms with Crippen LogP contribution in [0.2, 0.25) is 0 Å². The lowest BCUT2D eigenvalue weighted by Crippen LogP contribution is -2.34. The number of fused-ring (bicyclic) bond motifs is 3. The number of carbonyl (C=O) groups is 1. The van der Waals surface area contributed by atoms with Gasteiger partial charge in [0, 0.05) is 13.1 Å². The Hall–Kier alpha value is -1.71. The van der Waals surface area contributed by atoms with Gasteiger partial charge in [-0.05, 0) is 24.6 Å². The highest BCUT2D eigenvalue weighted by Crippen LogP contribution is 2.31. The molecule has 0 spiro atoms. The Morgan fingerprint density at radius 1 is 1.40 bits per heavy atom. The van der Waals surface area contributed by atoms with Gasteiger partial charge in [-0.15, -0.1) is 0 Å². The van der Waals surface area contributed by atoms with Crippen LogP contribution in [0, 0.1) is 5.82 Å². The minimum absolute atomic E-state index is 0.149. The molecule has 2 aliphatic rings. The lowest BCUT2D eigenvalue weighted by molar-refractivity contribution is 0.106. The predicted molar refractivity (Wildman–Crippen MR) is 55.0 cm³/mol. The van der Waals surface area contributed by atoms with Gasteiger partial charge in [0.15, 0.2) is 5.84 Å². The number of hydrogen-bond donors (Lipinski definition) is 0. The summed E-state index contributed by atoms with van der Waals surface area (Å²) in [6, 6.07) is 4.32. The van der Waals surface area contributed by atoms with Gasteiger partial charge in [0.2, 0.25) is 5.78 Å². The number of anilines is 1. The van der Waals surface area contributed by atoms with Crippen molar-refractivity contribution in [1.29, 1.82) is 0 Å². The van der Waals surface area contributed by atoms with Gasteiger partial charge in [-0.2, -0.15) is 0 Å². The summed E-state index contributed by atoms with van der Waals surface area (Å²) in [5, 5.41) is 0. The van der Waals surface area contributed by atoms with Gasteiger partial charge in [-0.1, -0.05) is 0 Å². The summed E-state index contributed by atoms with van der Waals surface area (Å²) in [6.45, 7) is 1.48. The summed E-state index contributed by atoms with van der Waals surface area (Å²) in [4.78, 5) is 17.9. The molecule has 0 aromatic heterocycles. The Morgan fingerprint density at radius 2 is 2.27 bits per heavy atom. The van der Waals surface area contributed by atoms with E-state index < -0.39 is 0 Å². The molecule has 2 heterocycles. The third-order valence-corrected chi connectivity index (χ3v) is 2.75. The number of carbonyl (C=O) groups excluding carboxylic acids is 1. The first-order chi connectivity index (χ1) is 7.27. The Bertz CT molecular complexity index is 481. The van der Waals surface area contributed by atoms with Crippen LogP contribution in [-0.4, -0.2) is 24.7 Å². The van der Waals surface area contributed by atoms with E-state index in [0.29, 0.717) is 17.9 Å². The number of hydrogen-bond acceptors (Lipinski definition) is 3. The van der Waals surface area contributed by atoms with Crippen molar-refractivity contribution in [2.75, 3.05) is 18.0 Å². The summed E-state index contributed by atoms with van der Waals surface area (Å²) in [6.07, 6.45) is 0.938. The van der Waals surface area contributed by atoms with Crippen molar-refractivity contribution in [3.8, 4) is 0 Å². The van der Waals surface area contributed by atoms with Gasteiger partial charge in [0.25, 0.3) is 0 Å². The van der Waals surface area contributed by atoms with Crippen LogP contribution >= 0.6 is 0 Å². The molecule has 0 N–H and O–H groups in total. The normalized spacial score (nSPS) is 18.6. The zero-order chi connectivity index (χ0) is 10.4. The monoisotopic (exact) mass is 204 g/mol. The molecule has 76 valence electrons. The fraction of sp³-hybridized carbons (Fsp3) is 0.273. The van der Waals surface area contributed by atoms with Crippen LogP contribution in [0.5, 0.6) is 0 Å². The number of aliphatic imine (C=N–C) groups is 1. The molecule has 0 bridgehead atoms. The van der Waals surface area contributed by atoms with Crippen molar-refractivity contribution in [3.63, 3.8) is 0 Å². The highest BCUT2D eigenvalue weighted by atomic mass is 19.1. The summed E-state index contributed by atoms with van der Waals surface area (Å²) in [5.74, 6) is -0.0476. The molecule has 3 nitrogen and oxygen atoms in total. The van der Waals surface area contributed by atoms with E-state index in [1.54, 1.807) is 6.07 Å². The highest BCUT2D eigenvalue weighted by molar-refractivity contribution is 6.54. The summed E-state index contributed by atoms with van der Waals surface area (Å²) >= 11 is 0. The average molecular weight is 204 g/mol. The molecule has 0 fully saturated rings. The number of benzene rings is 1. The third kappa shape index (κ3) is 1.11. The second-order valence-electron chi connectivity index (χ2n) is 3.70. The molecule has 0 saturated carbocycles. The van der Waals surface area contributed by atoms with E-state index in [0.717, 1.165) is 18.7 Å². The second-order valence-corrected chi connectivity index (χ2v) is 3.70. The van der Waals surface area contributed by atoms with Crippen molar-refractivity contribution in [1.82, 2.24) is 0 Å². The third-order valence-electron chi connectivity index (χ3n) is 2.75. The molecule has 0 atom stereocenters. The van der Waals surface area contributed by atoms with Crippen LogP contribution in [-0.2, 0) is 0 Å². The maximum atomic E-state index is 13.0. The fourth-order valence-corrected chi connectivity index (χ4v) is 2.08. The van der Waals surface area contributed by atoms with Gasteiger partial charge in [-0.25, -0.2) is 4.39 Å². The molecule has 3 rings (SSSR count). The zero-order valence-corrected chi connectivity index (χ0v) is 8.03. The largest absolute Gasteiger partial charge is 0.323 e. The minimum atomic E-state index is -0.373. The first-order valence-corrected chi connectivity index (χ1v) is 4.93. The Kier molecular flexibility index (Phi) is 1.65. The number of Topliss-reactive ketones (excluding diaryl/α,β-unsaturated/α-hetero) is 1. The number of rotatable bonds is 0.